The van der Waals surface area contributed by atoms with Crippen LogP contribution in [-0.4, -0.2) is 32.2 Å². The molecular weight excluding hydrogens is 380 g/mol. The van der Waals surface area contributed by atoms with E-state index >= 15 is 0 Å². The number of aromatic nitrogens is 3. The van der Waals surface area contributed by atoms with Crippen LogP contribution in [-0.2, 0) is 24.4 Å². The van der Waals surface area contributed by atoms with Crippen molar-refractivity contribution >= 4 is 17.0 Å². The number of hydrogen-bond acceptors (Lipinski definition) is 4. The van der Waals surface area contributed by atoms with Gasteiger partial charge < -0.3 is 9.32 Å². The number of carbonyl (C=O) groups excluding carboxylic acids is 1. The van der Waals surface area contributed by atoms with Crippen LogP contribution >= 0.6 is 0 Å². The molecule has 7 heteroatoms. The van der Waals surface area contributed by atoms with Crippen molar-refractivity contribution in [1.29, 1.82) is 0 Å². The predicted molar refractivity (Wildman–Crippen MR) is 114 cm³/mol. The zero-order valence-corrected chi connectivity index (χ0v) is 16.9. The van der Waals surface area contributed by atoms with Gasteiger partial charge in [-0.1, -0.05) is 42.5 Å². The van der Waals surface area contributed by atoms with Gasteiger partial charge in [0.1, 0.15) is 0 Å². The summed E-state index contributed by atoms with van der Waals surface area (Å²) in [7, 11) is 1.79. The van der Waals surface area contributed by atoms with E-state index in [1.165, 1.54) is 5.56 Å². The third kappa shape index (κ3) is 4.51. The molecule has 0 unspecified atom stereocenters. The Balaban J connectivity index is 1.29. The van der Waals surface area contributed by atoms with E-state index in [9.17, 15) is 9.59 Å². The van der Waals surface area contributed by atoms with Gasteiger partial charge in [0.2, 0.25) is 5.91 Å². The van der Waals surface area contributed by atoms with Crippen LogP contribution < -0.4 is 5.76 Å². The summed E-state index contributed by atoms with van der Waals surface area (Å²) >= 11 is 0. The first-order valence-corrected chi connectivity index (χ1v) is 9.98. The number of rotatable bonds is 8. The zero-order chi connectivity index (χ0) is 20.9. The average Bonchev–Trinajstić information content (AvgIpc) is 3.32. The molecule has 0 aliphatic heterocycles. The highest BCUT2D eigenvalue weighted by Crippen LogP contribution is 2.13. The van der Waals surface area contributed by atoms with Gasteiger partial charge in [-0.2, -0.15) is 5.10 Å². The van der Waals surface area contributed by atoms with Gasteiger partial charge in [-0.15, -0.1) is 0 Å². The summed E-state index contributed by atoms with van der Waals surface area (Å²) in [5.41, 5.74) is 3.49. The molecule has 0 aliphatic rings. The second-order valence-corrected chi connectivity index (χ2v) is 7.37. The summed E-state index contributed by atoms with van der Waals surface area (Å²) < 4.78 is 8.68. The number of para-hydroxylation sites is 2. The number of fused-ring (bicyclic) bond motifs is 1. The normalized spacial score (nSPS) is 11.1. The molecule has 30 heavy (non-hydrogen) atoms. The number of nitrogens with zero attached hydrogens (tertiary/aromatic N) is 4. The van der Waals surface area contributed by atoms with E-state index in [1.54, 1.807) is 28.8 Å². The quantitative estimate of drug-likeness (QED) is 0.452. The molecule has 0 fully saturated rings. The van der Waals surface area contributed by atoms with Crippen molar-refractivity contribution in [3.8, 4) is 0 Å². The molecule has 0 atom stereocenters. The number of amides is 1. The summed E-state index contributed by atoms with van der Waals surface area (Å²) in [6.07, 6.45) is 4.69. The summed E-state index contributed by atoms with van der Waals surface area (Å²) in [5, 5.41) is 4.39. The lowest BCUT2D eigenvalue weighted by atomic mass is 10.2. The minimum atomic E-state index is -0.386. The van der Waals surface area contributed by atoms with Gasteiger partial charge in [0, 0.05) is 38.3 Å². The Hall–Kier alpha value is -3.61. The third-order valence-corrected chi connectivity index (χ3v) is 5.07. The molecule has 0 spiro atoms. The molecule has 2 heterocycles. The molecule has 0 saturated carbocycles. The molecule has 0 radical (unpaired) electrons. The molecule has 0 saturated heterocycles. The van der Waals surface area contributed by atoms with Gasteiger partial charge >= 0.3 is 5.76 Å². The summed E-state index contributed by atoms with van der Waals surface area (Å²) in [6, 6.07) is 17.4. The number of hydrogen-bond donors (Lipinski definition) is 0. The molecule has 154 valence electrons. The standard InChI is InChI=1S/C23H24N4O3/c1-25(15-19-14-24-26(17-19)16-18-8-3-2-4-9-18)22(28)12-7-13-27-20-10-5-6-11-21(20)30-23(27)29/h2-6,8-11,14,17H,7,12-13,15-16H2,1H3. The van der Waals surface area contributed by atoms with E-state index in [1.807, 2.05) is 47.3 Å². The highest BCUT2D eigenvalue weighted by Gasteiger charge is 2.13. The van der Waals surface area contributed by atoms with Gasteiger partial charge in [-0.3, -0.25) is 14.0 Å². The molecule has 4 aromatic rings. The lowest BCUT2D eigenvalue weighted by Gasteiger charge is -2.16. The van der Waals surface area contributed by atoms with Crippen LogP contribution in [0.5, 0.6) is 0 Å². The Morgan fingerprint density at radius 1 is 1.07 bits per heavy atom. The van der Waals surface area contributed by atoms with E-state index in [-0.39, 0.29) is 11.7 Å². The van der Waals surface area contributed by atoms with Crippen molar-refractivity contribution in [3.63, 3.8) is 0 Å². The molecule has 2 aromatic heterocycles. The lowest BCUT2D eigenvalue weighted by molar-refractivity contribution is -0.130. The van der Waals surface area contributed by atoms with Gasteiger partial charge in [0.05, 0.1) is 18.3 Å². The van der Waals surface area contributed by atoms with E-state index < -0.39 is 0 Å². The zero-order valence-electron chi connectivity index (χ0n) is 16.9. The Kier molecular flexibility index (Phi) is 5.79. The Bertz CT molecular complexity index is 1190. The van der Waals surface area contributed by atoms with Crippen LogP contribution in [0.4, 0.5) is 0 Å². The molecular formula is C23H24N4O3. The van der Waals surface area contributed by atoms with Crippen molar-refractivity contribution in [3.05, 3.63) is 88.7 Å². The minimum absolute atomic E-state index is 0.0339. The molecule has 0 aliphatic carbocycles. The fourth-order valence-corrected chi connectivity index (χ4v) is 3.51. The maximum Gasteiger partial charge on any atom is 0.419 e. The molecule has 0 bridgehead atoms. The van der Waals surface area contributed by atoms with E-state index in [2.05, 4.69) is 17.2 Å². The predicted octanol–water partition coefficient (Wildman–Crippen LogP) is 3.28. The summed E-state index contributed by atoms with van der Waals surface area (Å²) in [6.45, 7) is 1.65. The number of carbonyl (C=O) groups is 1. The lowest BCUT2D eigenvalue weighted by Crippen LogP contribution is -2.26. The fraction of sp³-hybridized carbons (Fsp3) is 0.261. The fourth-order valence-electron chi connectivity index (χ4n) is 3.51. The van der Waals surface area contributed by atoms with E-state index in [0.717, 1.165) is 11.1 Å². The first kappa shape index (κ1) is 19.7. The molecule has 7 nitrogen and oxygen atoms in total. The number of oxazole rings is 1. The van der Waals surface area contributed by atoms with Crippen molar-refractivity contribution < 1.29 is 9.21 Å². The van der Waals surface area contributed by atoms with Crippen LogP contribution in [0.25, 0.3) is 11.1 Å². The van der Waals surface area contributed by atoms with Gasteiger partial charge in [-0.25, -0.2) is 4.79 Å². The largest absolute Gasteiger partial charge is 0.419 e. The third-order valence-electron chi connectivity index (χ3n) is 5.07. The molecule has 4 rings (SSSR count). The van der Waals surface area contributed by atoms with Crippen molar-refractivity contribution in [2.45, 2.75) is 32.5 Å². The van der Waals surface area contributed by atoms with E-state index in [4.69, 9.17) is 4.42 Å². The van der Waals surface area contributed by atoms with Crippen molar-refractivity contribution in [2.24, 2.45) is 0 Å². The topological polar surface area (TPSA) is 73.3 Å². The summed E-state index contributed by atoms with van der Waals surface area (Å²) in [4.78, 5) is 26.2. The van der Waals surface area contributed by atoms with Crippen LogP contribution in [0.1, 0.15) is 24.0 Å². The number of benzene rings is 2. The maximum atomic E-state index is 12.5. The average molecular weight is 404 g/mol. The van der Waals surface area contributed by atoms with Crippen molar-refractivity contribution in [2.75, 3.05) is 7.05 Å². The van der Waals surface area contributed by atoms with E-state index in [0.29, 0.717) is 38.1 Å². The van der Waals surface area contributed by atoms with Crippen LogP contribution in [0, 0.1) is 0 Å². The molecule has 2 aromatic carbocycles. The second kappa shape index (κ2) is 8.82. The Morgan fingerprint density at radius 3 is 2.67 bits per heavy atom. The Morgan fingerprint density at radius 2 is 1.83 bits per heavy atom. The smallest absolute Gasteiger partial charge is 0.408 e. The monoisotopic (exact) mass is 404 g/mol. The van der Waals surface area contributed by atoms with Gasteiger partial charge in [0.15, 0.2) is 5.58 Å². The van der Waals surface area contributed by atoms with Crippen LogP contribution in [0.15, 0.2) is 76.2 Å². The highest BCUT2D eigenvalue weighted by atomic mass is 16.4. The Labute approximate surface area is 174 Å². The van der Waals surface area contributed by atoms with Gasteiger partial charge in [-0.05, 0) is 24.1 Å². The molecule has 1 amide bonds. The van der Waals surface area contributed by atoms with Gasteiger partial charge in [0.25, 0.3) is 0 Å². The second-order valence-electron chi connectivity index (χ2n) is 7.37. The highest BCUT2D eigenvalue weighted by molar-refractivity contribution is 5.76. The maximum absolute atomic E-state index is 12.5. The first-order valence-electron chi connectivity index (χ1n) is 9.98. The first-order chi connectivity index (χ1) is 14.6. The van der Waals surface area contributed by atoms with Crippen LogP contribution in [0.2, 0.25) is 0 Å². The summed E-state index contributed by atoms with van der Waals surface area (Å²) in [5.74, 6) is -0.352. The van der Waals surface area contributed by atoms with Crippen LogP contribution in [0.3, 0.4) is 0 Å². The van der Waals surface area contributed by atoms with Crippen molar-refractivity contribution in [1.82, 2.24) is 19.2 Å². The number of aryl methyl sites for hydroxylation is 1. The molecule has 0 N–H and O–H groups in total. The minimum Gasteiger partial charge on any atom is -0.408 e. The SMILES string of the molecule is CN(Cc1cnn(Cc2ccccc2)c1)C(=O)CCCn1c(=O)oc2ccccc21.